The van der Waals surface area contributed by atoms with Gasteiger partial charge in [0.05, 0.1) is 29.7 Å². The van der Waals surface area contributed by atoms with Gasteiger partial charge in [0.2, 0.25) is 5.91 Å². The number of hydrogen-bond donors (Lipinski definition) is 1. The Kier molecular flexibility index (Phi) is 4.24. The number of amides is 2. The number of likely N-dealkylation sites (tertiary alicyclic amines) is 1. The second-order valence-electron chi connectivity index (χ2n) is 7.94. The quantitative estimate of drug-likeness (QED) is 0.702. The number of aryl methyl sites for hydroxylation is 1. The summed E-state index contributed by atoms with van der Waals surface area (Å²) in [5.41, 5.74) is 1.22. The number of hydrogen-bond acceptors (Lipinski definition) is 6. The fourth-order valence-corrected chi connectivity index (χ4v) is 4.30. The summed E-state index contributed by atoms with van der Waals surface area (Å²) in [6, 6.07) is 1.21. The first kappa shape index (κ1) is 18.6. The molecular weight excluding hydrogens is 389 g/mol. The van der Waals surface area contributed by atoms with E-state index in [0.29, 0.717) is 24.0 Å². The van der Waals surface area contributed by atoms with Gasteiger partial charge in [-0.3, -0.25) is 14.5 Å². The average molecular weight is 409 g/mol. The Hall–Kier alpha value is -3.40. The molecule has 2 amide bonds. The van der Waals surface area contributed by atoms with Gasteiger partial charge < -0.3 is 14.6 Å². The van der Waals surface area contributed by atoms with Crippen LogP contribution in [0.15, 0.2) is 30.9 Å². The normalized spacial score (nSPS) is 21.4. The van der Waals surface area contributed by atoms with Crippen molar-refractivity contribution in [2.75, 3.05) is 36.9 Å². The molecule has 1 unspecified atom stereocenters. The number of anilines is 2. The van der Waals surface area contributed by atoms with Gasteiger partial charge in [0.1, 0.15) is 5.69 Å². The zero-order valence-corrected chi connectivity index (χ0v) is 16.5. The molecule has 2 atom stereocenters. The van der Waals surface area contributed by atoms with E-state index in [1.165, 1.54) is 22.9 Å². The maximum absolute atomic E-state index is 14.2. The van der Waals surface area contributed by atoms with E-state index in [1.807, 2.05) is 7.05 Å². The van der Waals surface area contributed by atoms with Gasteiger partial charge >= 0.3 is 0 Å². The number of fused-ring (bicyclic) bond motifs is 2. The van der Waals surface area contributed by atoms with E-state index in [2.05, 4.69) is 25.2 Å². The van der Waals surface area contributed by atoms with Crippen molar-refractivity contribution in [1.82, 2.24) is 24.3 Å². The number of aromatic nitrogens is 4. The molecule has 3 aromatic heterocycles. The highest BCUT2D eigenvalue weighted by Gasteiger charge is 2.46. The molecule has 0 bridgehead atoms. The summed E-state index contributed by atoms with van der Waals surface area (Å²) in [7, 11) is 2.01. The Bertz CT molecular complexity index is 1160. The van der Waals surface area contributed by atoms with Gasteiger partial charge in [-0.25, -0.2) is 19.3 Å². The standard InChI is InChI=1S/C20H20FN7O2/c1-11-6-27-9-13(3-15(21)18(27)24-11)25-19(29)16-4-23-17(5-22-16)28-8-12-7-26(2)10-14(12)20(28)30/h3-6,9,12,14H,7-8,10H2,1-2H3,(H,25,29)/t12-,14?/m1/s1. The molecule has 0 aliphatic carbocycles. The summed E-state index contributed by atoms with van der Waals surface area (Å²) in [5, 5.41) is 2.62. The summed E-state index contributed by atoms with van der Waals surface area (Å²) in [6.45, 7) is 4.01. The second-order valence-corrected chi connectivity index (χ2v) is 7.94. The highest BCUT2D eigenvalue weighted by molar-refractivity contribution is 6.03. The Balaban J connectivity index is 1.31. The van der Waals surface area contributed by atoms with Gasteiger partial charge in [0.15, 0.2) is 17.3 Å². The SMILES string of the molecule is Cc1cn2cc(NC(=O)c3cnc(N4C[C@H]5CN(C)CC5C4=O)cn3)cc(F)c2n1. The van der Waals surface area contributed by atoms with Crippen LogP contribution in [0.1, 0.15) is 16.2 Å². The topological polar surface area (TPSA) is 95.7 Å². The van der Waals surface area contributed by atoms with Crippen LogP contribution in [0.25, 0.3) is 5.65 Å². The largest absolute Gasteiger partial charge is 0.319 e. The minimum atomic E-state index is -0.536. The summed E-state index contributed by atoms with van der Waals surface area (Å²) < 4.78 is 15.7. The van der Waals surface area contributed by atoms with E-state index in [1.54, 1.807) is 24.2 Å². The first-order valence-corrected chi connectivity index (χ1v) is 9.67. The maximum Gasteiger partial charge on any atom is 0.275 e. The molecule has 1 N–H and O–H groups in total. The third-order valence-corrected chi connectivity index (χ3v) is 5.66. The van der Waals surface area contributed by atoms with Crippen molar-refractivity contribution in [2.45, 2.75) is 6.92 Å². The van der Waals surface area contributed by atoms with Crippen molar-refractivity contribution >= 4 is 29.0 Å². The predicted molar refractivity (Wildman–Crippen MR) is 107 cm³/mol. The van der Waals surface area contributed by atoms with Crippen molar-refractivity contribution in [2.24, 2.45) is 11.8 Å². The second kappa shape index (κ2) is 6.84. The van der Waals surface area contributed by atoms with Crippen LogP contribution in [0.5, 0.6) is 0 Å². The van der Waals surface area contributed by atoms with E-state index < -0.39 is 11.7 Å². The van der Waals surface area contributed by atoms with Crippen LogP contribution in [0.4, 0.5) is 15.9 Å². The van der Waals surface area contributed by atoms with Crippen LogP contribution in [0.3, 0.4) is 0 Å². The molecule has 0 aromatic carbocycles. The van der Waals surface area contributed by atoms with Crippen molar-refractivity contribution < 1.29 is 14.0 Å². The molecule has 2 saturated heterocycles. The molecule has 0 spiro atoms. The van der Waals surface area contributed by atoms with Crippen LogP contribution >= 0.6 is 0 Å². The van der Waals surface area contributed by atoms with E-state index >= 15 is 0 Å². The highest BCUT2D eigenvalue weighted by Crippen LogP contribution is 2.33. The van der Waals surface area contributed by atoms with E-state index in [9.17, 15) is 14.0 Å². The van der Waals surface area contributed by atoms with Crippen molar-refractivity contribution in [3.05, 3.63) is 48.1 Å². The lowest BCUT2D eigenvalue weighted by molar-refractivity contribution is -0.120. The predicted octanol–water partition coefficient (Wildman–Crippen LogP) is 1.35. The Labute approximate surface area is 171 Å². The van der Waals surface area contributed by atoms with Gasteiger partial charge in [-0.2, -0.15) is 0 Å². The van der Waals surface area contributed by atoms with Gasteiger partial charge in [-0.05, 0) is 14.0 Å². The molecule has 5 rings (SSSR count). The first-order chi connectivity index (χ1) is 14.4. The Morgan fingerprint density at radius 1 is 1.20 bits per heavy atom. The monoisotopic (exact) mass is 409 g/mol. The lowest BCUT2D eigenvalue weighted by Crippen LogP contribution is -2.32. The van der Waals surface area contributed by atoms with Gasteiger partial charge in [0.25, 0.3) is 5.91 Å². The van der Waals surface area contributed by atoms with Crippen molar-refractivity contribution in [3.63, 3.8) is 0 Å². The maximum atomic E-state index is 14.2. The lowest BCUT2D eigenvalue weighted by Gasteiger charge is -2.18. The lowest BCUT2D eigenvalue weighted by atomic mass is 10.0. The molecule has 30 heavy (non-hydrogen) atoms. The minimum Gasteiger partial charge on any atom is -0.319 e. The van der Waals surface area contributed by atoms with E-state index in [4.69, 9.17) is 0 Å². The Morgan fingerprint density at radius 3 is 2.77 bits per heavy atom. The number of imidazole rings is 1. The molecule has 2 aliphatic rings. The van der Waals surface area contributed by atoms with Gasteiger partial charge in [-0.15, -0.1) is 0 Å². The van der Waals surface area contributed by atoms with E-state index in [0.717, 1.165) is 13.1 Å². The number of carbonyl (C=O) groups is 2. The summed E-state index contributed by atoms with van der Waals surface area (Å²) in [5.74, 6) is -0.271. The summed E-state index contributed by atoms with van der Waals surface area (Å²) >= 11 is 0. The zero-order chi connectivity index (χ0) is 21.0. The van der Waals surface area contributed by atoms with Crippen LogP contribution in [0.2, 0.25) is 0 Å². The number of halogens is 1. The van der Waals surface area contributed by atoms with E-state index in [-0.39, 0.29) is 28.9 Å². The molecule has 0 radical (unpaired) electrons. The summed E-state index contributed by atoms with van der Waals surface area (Å²) in [4.78, 5) is 41.5. The minimum absolute atomic E-state index is 0.00333. The van der Waals surface area contributed by atoms with Crippen molar-refractivity contribution in [3.8, 4) is 0 Å². The molecule has 10 heteroatoms. The van der Waals surface area contributed by atoms with Gasteiger partial charge in [0, 0.05) is 44.0 Å². The number of carbonyl (C=O) groups excluding carboxylic acids is 2. The van der Waals surface area contributed by atoms with Crippen LogP contribution < -0.4 is 10.2 Å². The smallest absolute Gasteiger partial charge is 0.275 e. The molecule has 2 aliphatic heterocycles. The first-order valence-electron chi connectivity index (χ1n) is 9.67. The molecule has 3 aromatic rings. The molecule has 5 heterocycles. The third kappa shape index (κ3) is 3.09. The average Bonchev–Trinajstić information content (AvgIpc) is 3.35. The third-order valence-electron chi connectivity index (χ3n) is 5.66. The van der Waals surface area contributed by atoms with Gasteiger partial charge in [-0.1, -0.05) is 0 Å². The fourth-order valence-electron chi connectivity index (χ4n) is 4.30. The van der Waals surface area contributed by atoms with Crippen LogP contribution in [-0.2, 0) is 4.79 Å². The molecule has 154 valence electrons. The number of pyridine rings is 1. The van der Waals surface area contributed by atoms with Crippen LogP contribution in [-0.4, -0.2) is 62.7 Å². The number of rotatable bonds is 3. The Morgan fingerprint density at radius 2 is 2.03 bits per heavy atom. The van der Waals surface area contributed by atoms with Crippen molar-refractivity contribution in [1.29, 1.82) is 0 Å². The fraction of sp³-hybridized carbons (Fsp3) is 0.350. The molecular formula is C20H20FN7O2. The molecule has 2 fully saturated rings. The number of nitrogens with one attached hydrogen (secondary N) is 1. The zero-order valence-electron chi connectivity index (χ0n) is 16.5. The molecule has 0 saturated carbocycles. The van der Waals surface area contributed by atoms with Crippen LogP contribution in [0, 0.1) is 24.6 Å². The number of nitrogens with zero attached hydrogens (tertiary/aromatic N) is 6. The summed E-state index contributed by atoms with van der Waals surface area (Å²) in [6.07, 6.45) is 6.01. The highest BCUT2D eigenvalue weighted by atomic mass is 19.1. The molecule has 9 nitrogen and oxygen atoms in total.